The molecular formula is C16H25ClN2. The number of hydrogen-bond acceptors (Lipinski definition) is 2. The van der Waals surface area contributed by atoms with E-state index in [1.54, 1.807) is 0 Å². The molecule has 0 spiro atoms. The second kappa shape index (κ2) is 6.15. The average Bonchev–Trinajstić information content (AvgIpc) is 3.18. The summed E-state index contributed by atoms with van der Waals surface area (Å²) in [6.07, 6.45) is 2.63. The Balaban J connectivity index is 2.16. The van der Waals surface area contributed by atoms with Gasteiger partial charge in [-0.05, 0) is 49.4 Å². The first-order valence-corrected chi connectivity index (χ1v) is 7.61. The molecule has 0 saturated heterocycles. The second-order valence-electron chi connectivity index (χ2n) is 6.02. The summed E-state index contributed by atoms with van der Waals surface area (Å²) in [6.45, 7) is 7.71. The summed E-state index contributed by atoms with van der Waals surface area (Å²) in [5.74, 6) is 0.630. The van der Waals surface area contributed by atoms with E-state index >= 15 is 0 Å². The fraction of sp³-hybridized carbons (Fsp3) is 0.625. The molecule has 0 bridgehead atoms. The quantitative estimate of drug-likeness (QED) is 0.845. The Bertz CT molecular complexity index is 427. The Labute approximate surface area is 122 Å². The molecule has 2 rings (SSSR count). The normalized spacial score (nSPS) is 16.7. The van der Waals surface area contributed by atoms with Gasteiger partial charge in [-0.1, -0.05) is 25.4 Å². The van der Waals surface area contributed by atoms with Gasteiger partial charge in [0.15, 0.2) is 0 Å². The van der Waals surface area contributed by atoms with E-state index in [0.717, 1.165) is 17.6 Å². The van der Waals surface area contributed by atoms with Crippen LogP contribution in [0.1, 0.15) is 39.2 Å². The van der Waals surface area contributed by atoms with E-state index in [9.17, 15) is 0 Å². The Morgan fingerprint density at radius 3 is 2.58 bits per heavy atom. The molecule has 1 unspecified atom stereocenters. The van der Waals surface area contributed by atoms with Crippen molar-refractivity contribution in [2.45, 2.75) is 52.2 Å². The maximum Gasteiger partial charge on any atom is 0.0412 e. The number of hydrogen-bond donors (Lipinski definition) is 1. The molecule has 2 nitrogen and oxygen atoms in total. The Morgan fingerprint density at radius 2 is 2.00 bits per heavy atom. The Hall–Kier alpha value is -0.730. The van der Waals surface area contributed by atoms with Gasteiger partial charge in [0.1, 0.15) is 0 Å². The van der Waals surface area contributed by atoms with E-state index in [1.807, 2.05) is 6.07 Å². The predicted octanol–water partition coefficient (Wildman–Crippen LogP) is 4.07. The van der Waals surface area contributed by atoms with Gasteiger partial charge in [0.25, 0.3) is 0 Å². The summed E-state index contributed by atoms with van der Waals surface area (Å²) < 4.78 is 0. The van der Waals surface area contributed by atoms with Crippen LogP contribution in [0.3, 0.4) is 0 Å². The molecule has 1 aromatic rings. The van der Waals surface area contributed by atoms with E-state index < -0.39 is 0 Å². The smallest absolute Gasteiger partial charge is 0.0412 e. The summed E-state index contributed by atoms with van der Waals surface area (Å²) in [6, 6.07) is 7.46. The molecule has 0 aromatic heterocycles. The lowest BCUT2D eigenvalue weighted by molar-refractivity contribution is 0.504. The van der Waals surface area contributed by atoms with Gasteiger partial charge < -0.3 is 10.2 Å². The van der Waals surface area contributed by atoms with Crippen LogP contribution in [0, 0.1) is 5.92 Å². The van der Waals surface area contributed by atoms with E-state index in [0.29, 0.717) is 12.0 Å². The zero-order valence-corrected chi connectivity index (χ0v) is 13.2. The first-order chi connectivity index (χ1) is 8.99. The highest BCUT2D eigenvalue weighted by molar-refractivity contribution is 6.30. The number of anilines is 1. The molecule has 1 saturated carbocycles. The summed E-state index contributed by atoms with van der Waals surface area (Å²) >= 11 is 6.15. The van der Waals surface area contributed by atoms with Crippen molar-refractivity contribution in [3.63, 3.8) is 0 Å². The van der Waals surface area contributed by atoms with Crippen molar-refractivity contribution in [3.8, 4) is 0 Å². The standard InChI is InChI=1S/C16H25ClN2/c1-11(2)12(3)19(4)16-8-5-14(17)9-13(16)10-18-15-6-7-15/h5,8-9,11-12,15,18H,6-7,10H2,1-4H3. The van der Waals surface area contributed by atoms with Crippen molar-refractivity contribution in [3.05, 3.63) is 28.8 Å². The number of nitrogens with one attached hydrogen (secondary N) is 1. The minimum absolute atomic E-state index is 0.515. The predicted molar refractivity (Wildman–Crippen MR) is 84.0 cm³/mol. The van der Waals surface area contributed by atoms with Crippen LogP contribution in [-0.2, 0) is 6.54 Å². The first kappa shape index (κ1) is 14.7. The minimum atomic E-state index is 0.515. The molecular weight excluding hydrogens is 256 g/mol. The molecule has 1 N–H and O–H groups in total. The van der Waals surface area contributed by atoms with Gasteiger partial charge in [-0.25, -0.2) is 0 Å². The zero-order valence-electron chi connectivity index (χ0n) is 12.4. The minimum Gasteiger partial charge on any atom is -0.371 e. The molecule has 106 valence electrons. The zero-order chi connectivity index (χ0) is 14.0. The summed E-state index contributed by atoms with van der Waals surface area (Å²) in [7, 11) is 2.18. The van der Waals surface area contributed by atoms with Crippen LogP contribution in [0.2, 0.25) is 5.02 Å². The second-order valence-corrected chi connectivity index (χ2v) is 6.46. The van der Waals surface area contributed by atoms with E-state index in [1.165, 1.54) is 24.1 Å². The first-order valence-electron chi connectivity index (χ1n) is 7.23. The fourth-order valence-electron chi connectivity index (χ4n) is 2.25. The average molecular weight is 281 g/mol. The van der Waals surface area contributed by atoms with Gasteiger partial charge in [-0.2, -0.15) is 0 Å². The van der Waals surface area contributed by atoms with Crippen LogP contribution in [-0.4, -0.2) is 19.1 Å². The lowest BCUT2D eigenvalue weighted by Crippen LogP contribution is -2.34. The van der Waals surface area contributed by atoms with Crippen molar-refractivity contribution >= 4 is 17.3 Å². The van der Waals surface area contributed by atoms with Crippen LogP contribution in [0.5, 0.6) is 0 Å². The van der Waals surface area contributed by atoms with Gasteiger partial charge in [0, 0.05) is 36.4 Å². The van der Waals surface area contributed by atoms with Crippen LogP contribution < -0.4 is 10.2 Å². The molecule has 0 aliphatic heterocycles. The largest absolute Gasteiger partial charge is 0.371 e. The topological polar surface area (TPSA) is 15.3 Å². The maximum absolute atomic E-state index is 6.15. The van der Waals surface area contributed by atoms with Gasteiger partial charge in [-0.15, -0.1) is 0 Å². The van der Waals surface area contributed by atoms with E-state index in [-0.39, 0.29) is 0 Å². The molecule has 0 amide bonds. The molecule has 1 fully saturated rings. The molecule has 1 aromatic carbocycles. The number of benzene rings is 1. The van der Waals surface area contributed by atoms with Gasteiger partial charge in [0.2, 0.25) is 0 Å². The molecule has 0 heterocycles. The molecule has 3 heteroatoms. The molecule has 1 atom stereocenters. The van der Waals surface area contributed by atoms with Crippen molar-refractivity contribution in [2.24, 2.45) is 5.92 Å². The third kappa shape index (κ3) is 3.87. The molecule has 1 aliphatic rings. The summed E-state index contributed by atoms with van der Waals surface area (Å²) in [4.78, 5) is 2.37. The summed E-state index contributed by atoms with van der Waals surface area (Å²) in [5, 5.41) is 4.40. The van der Waals surface area contributed by atoms with Crippen LogP contribution in [0.4, 0.5) is 5.69 Å². The SMILES string of the molecule is CC(C)C(C)N(C)c1ccc(Cl)cc1CNC1CC1. The van der Waals surface area contributed by atoms with Gasteiger partial charge in [-0.3, -0.25) is 0 Å². The van der Waals surface area contributed by atoms with Crippen molar-refractivity contribution in [2.75, 3.05) is 11.9 Å². The fourth-order valence-corrected chi connectivity index (χ4v) is 2.44. The van der Waals surface area contributed by atoms with E-state index in [2.05, 4.69) is 50.2 Å². The Kier molecular flexibility index (Phi) is 4.75. The lowest BCUT2D eigenvalue weighted by Gasteiger charge is -2.32. The highest BCUT2D eigenvalue weighted by Crippen LogP contribution is 2.28. The van der Waals surface area contributed by atoms with Crippen LogP contribution in [0.25, 0.3) is 0 Å². The molecule has 19 heavy (non-hydrogen) atoms. The van der Waals surface area contributed by atoms with Crippen molar-refractivity contribution in [1.29, 1.82) is 0 Å². The summed E-state index contributed by atoms with van der Waals surface area (Å²) in [5.41, 5.74) is 2.59. The lowest BCUT2D eigenvalue weighted by atomic mass is 10.0. The third-order valence-electron chi connectivity index (χ3n) is 4.16. The van der Waals surface area contributed by atoms with Gasteiger partial charge >= 0.3 is 0 Å². The van der Waals surface area contributed by atoms with Crippen molar-refractivity contribution in [1.82, 2.24) is 5.32 Å². The highest BCUT2D eigenvalue weighted by atomic mass is 35.5. The van der Waals surface area contributed by atoms with Crippen LogP contribution in [0.15, 0.2) is 18.2 Å². The third-order valence-corrected chi connectivity index (χ3v) is 4.39. The van der Waals surface area contributed by atoms with Gasteiger partial charge in [0.05, 0.1) is 0 Å². The molecule has 0 radical (unpaired) electrons. The Morgan fingerprint density at radius 1 is 1.32 bits per heavy atom. The highest BCUT2D eigenvalue weighted by Gasteiger charge is 2.22. The number of nitrogens with zero attached hydrogens (tertiary/aromatic N) is 1. The van der Waals surface area contributed by atoms with Crippen LogP contribution >= 0.6 is 11.6 Å². The maximum atomic E-state index is 6.15. The molecule has 1 aliphatic carbocycles. The number of halogens is 1. The van der Waals surface area contributed by atoms with E-state index in [4.69, 9.17) is 11.6 Å². The van der Waals surface area contributed by atoms with Crippen molar-refractivity contribution < 1.29 is 0 Å². The monoisotopic (exact) mass is 280 g/mol. The number of rotatable bonds is 6.